The van der Waals surface area contributed by atoms with Gasteiger partial charge in [0.2, 0.25) is 5.91 Å². The van der Waals surface area contributed by atoms with Crippen LogP contribution >= 0.6 is 23.1 Å². The summed E-state index contributed by atoms with van der Waals surface area (Å²) < 4.78 is 0. The Labute approximate surface area is 150 Å². The van der Waals surface area contributed by atoms with E-state index in [1.807, 2.05) is 60.7 Å². The first-order valence-corrected chi connectivity index (χ1v) is 9.59. The zero-order valence-corrected chi connectivity index (χ0v) is 15.0. The molecule has 122 valence electrons. The number of nitrogens with one attached hydrogen (secondary N) is 1. The summed E-state index contributed by atoms with van der Waals surface area (Å²) in [4.78, 5) is 19.1. The van der Waals surface area contributed by atoms with Crippen LogP contribution in [0.25, 0.3) is 11.3 Å². The second-order valence-corrected chi connectivity index (χ2v) is 7.29. The fourth-order valence-corrected chi connectivity index (χ4v) is 3.95. The number of anilines is 1. The molecule has 3 aromatic rings. The molecule has 0 unspecified atom stereocenters. The van der Waals surface area contributed by atoms with Crippen LogP contribution in [0.1, 0.15) is 11.8 Å². The standard InChI is InChI=1S/C19H18N2OS2/c1-2-16-18(14-9-5-3-6-10-14)21-19(24-16)20-17(22)13-23-15-11-7-4-8-12-15/h3-12H,2,13H2,1H3,(H,20,21,22). The van der Waals surface area contributed by atoms with E-state index in [1.165, 1.54) is 16.6 Å². The summed E-state index contributed by atoms with van der Waals surface area (Å²) in [7, 11) is 0. The Bertz CT molecular complexity index is 801. The molecule has 1 heterocycles. The van der Waals surface area contributed by atoms with E-state index in [2.05, 4.69) is 17.2 Å². The number of aryl methyl sites for hydroxylation is 1. The van der Waals surface area contributed by atoms with Crippen LogP contribution in [0.5, 0.6) is 0 Å². The molecular formula is C19H18N2OS2. The van der Waals surface area contributed by atoms with Crippen LogP contribution in [0.4, 0.5) is 5.13 Å². The lowest BCUT2D eigenvalue weighted by Crippen LogP contribution is -2.13. The monoisotopic (exact) mass is 354 g/mol. The van der Waals surface area contributed by atoms with Crippen LogP contribution in [-0.2, 0) is 11.2 Å². The molecule has 0 atom stereocenters. The van der Waals surface area contributed by atoms with Gasteiger partial charge in [0.25, 0.3) is 0 Å². The van der Waals surface area contributed by atoms with Gasteiger partial charge in [0.05, 0.1) is 11.4 Å². The van der Waals surface area contributed by atoms with Crippen molar-refractivity contribution in [2.24, 2.45) is 0 Å². The first kappa shape index (κ1) is 16.7. The van der Waals surface area contributed by atoms with Crippen molar-refractivity contribution in [2.45, 2.75) is 18.2 Å². The zero-order chi connectivity index (χ0) is 16.8. The van der Waals surface area contributed by atoms with Crippen molar-refractivity contribution in [3.05, 3.63) is 65.5 Å². The minimum absolute atomic E-state index is 0.0279. The van der Waals surface area contributed by atoms with Gasteiger partial charge in [-0.3, -0.25) is 4.79 Å². The van der Waals surface area contributed by atoms with E-state index in [9.17, 15) is 4.79 Å². The molecular weight excluding hydrogens is 336 g/mol. The average molecular weight is 355 g/mol. The molecule has 0 aliphatic rings. The van der Waals surface area contributed by atoms with Crippen LogP contribution in [0.15, 0.2) is 65.6 Å². The summed E-state index contributed by atoms with van der Waals surface area (Å²) in [6.45, 7) is 2.11. The molecule has 0 saturated carbocycles. The predicted octanol–water partition coefficient (Wildman–Crippen LogP) is 5.10. The lowest BCUT2D eigenvalue weighted by atomic mass is 10.1. The van der Waals surface area contributed by atoms with Crippen LogP contribution in [-0.4, -0.2) is 16.6 Å². The molecule has 3 rings (SSSR count). The Balaban J connectivity index is 1.67. The highest BCUT2D eigenvalue weighted by Crippen LogP contribution is 2.31. The molecule has 0 aliphatic carbocycles. The summed E-state index contributed by atoms with van der Waals surface area (Å²) in [5.74, 6) is 0.353. The fraction of sp³-hybridized carbons (Fsp3) is 0.158. The fourth-order valence-electron chi connectivity index (χ4n) is 2.29. The van der Waals surface area contributed by atoms with Crippen molar-refractivity contribution in [3.63, 3.8) is 0 Å². The van der Waals surface area contributed by atoms with Crippen LogP contribution in [0.3, 0.4) is 0 Å². The normalized spacial score (nSPS) is 10.5. The third kappa shape index (κ3) is 4.24. The molecule has 1 amide bonds. The molecule has 2 aromatic carbocycles. The number of hydrogen-bond acceptors (Lipinski definition) is 4. The first-order valence-electron chi connectivity index (χ1n) is 7.79. The average Bonchev–Trinajstić information content (AvgIpc) is 3.04. The third-order valence-electron chi connectivity index (χ3n) is 3.43. The molecule has 24 heavy (non-hydrogen) atoms. The first-order chi connectivity index (χ1) is 11.8. The molecule has 1 N–H and O–H groups in total. The minimum Gasteiger partial charge on any atom is -0.301 e. The minimum atomic E-state index is -0.0279. The van der Waals surface area contributed by atoms with Crippen molar-refractivity contribution in [2.75, 3.05) is 11.1 Å². The third-order valence-corrected chi connectivity index (χ3v) is 5.55. The Hall–Kier alpha value is -2.11. The zero-order valence-electron chi connectivity index (χ0n) is 13.4. The Kier molecular flexibility index (Phi) is 5.67. The summed E-state index contributed by atoms with van der Waals surface area (Å²) in [6.07, 6.45) is 0.899. The van der Waals surface area contributed by atoms with E-state index in [4.69, 9.17) is 0 Å². The Morgan fingerprint density at radius 2 is 1.75 bits per heavy atom. The van der Waals surface area contributed by atoms with E-state index < -0.39 is 0 Å². The van der Waals surface area contributed by atoms with Gasteiger partial charge < -0.3 is 5.32 Å². The molecule has 0 fully saturated rings. The molecule has 3 nitrogen and oxygen atoms in total. The highest BCUT2D eigenvalue weighted by molar-refractivity contribution is 8.00. The molecule has 0 aliphatic heterocycles. The number of thioether (sulfide) groups is 1. The maximum absolute atomic E-state index is 12.2. The number of thiazole rings is 1. The molecule has 0 saturated heterocycles. The van der Waals surface area contributed by atoms with E-state index in [1.54, 1.807) is 11.3 Å². The maximum atomic E-state index is 12.2. The van der Waals surface area contributed by atoms with E-state index in [0.717, 1.165) is 22.6 Å². The number of carbonyl (C=O) groups excluding carboxylic acids is 1. The lowest BCUT2D eigenvalue weighted by Gasteiger charge is -2.02. The molecule has 0 bridgehead atoms. The Morgan fingerprint density at radius 1 is 1.08 bits per heavy atom. The topological polar surface area (TPSA) is 42.0 Å². The van der Waals surface area contributed by atoms with Crippen molar-refractivity contribution in [1.82, 2.24) is 4.98 Å². The number of benzene rings is 2. The van der Waals surface area contributed by atoms with E-state index in [-0.39, 0.29) is 5.91 Å². The van der Waals surface area contributed by atoms with Gasteiger partial charge in [-0.15, -0.1) is 23.1 Å². The Morgan fingerprint density at radius 3 is 2.42 bits per heavy atom. The molecule has 0 radical (unpaired) electrons. The highest BCUT2D eigenvalue weighted by atomic mass is 32.2. The largest absolute Gasteiger partial charge is 0.301 e. The van der Waals surface area contributed by atoms with Crippen molar-refractivity contribution < 1.29 is 4.79 Å². The van der Waals surface area contributed by atoms with Gasteiger partial charge in [-0.2, -0.15) is 0 Å². The SMILES string of the molecule is CCc1sc(NC(=O)CSc2ccccc2)nc1-c1ccccc1. The van der Waals surface area contributed by atoms with Crippen molar-refractivity contribution in [3.8, 4) is 11.3 Å². The molecule has 1 aromatic heterocycles. The molecule has 0 spiro atoms. The van der Waals surface area contributed by atoms with E-state index >= 15 is 0 Å². The summed E-state index contributed by atoms with van der Waals surface area (Å²) >= 11 is 3.08. The molecule has 5 heteroatoms. The van der Waals surface area contributed by atoms with E-state index in [0.29, 0.717) is 10.9 Å². The second-order valence-electron chi connectivity index (χ2n) is 5.16. The van der Waals surface area contributed by atoms with Gasteiger partial charge in [0.15, 0.2) is 5.13 Å². The number of amides is 1. The van der Waals surface area contributed by atoms with Crippen molar-refractivity contribution >= 4 is 34.1 Å². The second kappa shape index (κ2) is 8.13. The number of hydrogen-bond donors (Lipinski definition) is 1. The van der Waals surface area contributed by atoms with Gasteiger partial charge in [0.1, 0.15) is 0 Å². The smallest absolute Gasteiger partial charge is 0.236 e. The quantitative estimate of drug-likeness (QED) is 0.626. The van der Waals surface area contributed by atoms with Crippen LogP contribution < -0.4 is 5.32 Å². The summed E-state index contributed by atoms with van der Waals surface area (Å²) in [5, 5.41) is 3.60. The lowest BCUT2D eigenvalue weighted by molar-refractivity contribution is -0.113. The summed E-state index contributed by atoms with van der Waals surface area (Å²) in [5.41, 5.74) is 2.05. The van der Waals surface area contributed by atoms with Gasteiger partial charge in [-0.25, -0.2) is 4.98 Å². The van der Waals surface area contributed by atoms with Crippen LogP contribution in [0, 0.1) is 0 Å². The van der Waals surface area contributed by atoms with Gasteiger partial charge in [0, 0.05) is 15.3 Å². The summed E-state index contributed by atoms with van der Waals surface area (Å²) in [6, 6.07) is 20.0. The van der Waals surface area contributed by atoms with Crippen molar-refractivity contribution in [1.29, 1.82) is 0 Å². The van der Waals surface area contributed by atoms with Gasteiger partial charge in [-0.1, -0.05) is 55.5 Å². The highest BCUT2D eigenvalue weighted by Gasteiger charge is 2.13. The number of rotatable bonds is 6. The number of nitrogens with zero attached hydrogens (tertiary/aromatic N) is 1. The van der Waals surface area contributed by atoms with Gasteiger partial charge >= 0.3 is 0 Å². The van der Waals surface area contributed by atoms with Crippen LogP contribution in [0.2, 0.25) is 0 Å². The number of aromatic nitrogens is 1. The maximum Gasteiger partial charge on any atom is 0.236 e. The predicted molar refractivity (Wildman–Crippen MR) is 103 cm³/mol. The number of carbonyl (C=O) groups is 1. The van der Waals surface area contributed by atoms with Gasteiger partial charge in [-0.05, 0) is 18.6 Å².